The predicted molar refractivity (Wildman–Crippen MR) is 185 cm³/mol. The van der Waals surface area contributed by atoms with E-state index < -0.39 is 5.97 Å². The molecule has 5 aliphatic rings. The van der Waals surface area contributed by atoms with Gasteiger partial charge in [0.1, 0.15) is 5.57 Å². The fourth-order valence-electron chi connectivity index (χ4n) is 6.10. The van der Waals surface area contributed by atoms with E-state index in [0.717, 1.165) is 56.2 Å². The Morgan fingerprint density at radius 1 is 0.435 bits per heavy atom. The summed E-state index contributed by atoms with van der Waals surface area (Å²) in [6, 6.07) is 30.3. The molecule has 0 spiro atoms. The first-order valence-electron chi connectivity index (χ1n) is 15.0. The molecule has 0 saturated heterocycles. The van der Waals surface area contributed by atoms with Gasteiger partial charge in [-0.05, 0) is 65.3 Å². The molecule has 5 heterocycles. The quantitative estimate of drug-likeness (QED) is 0.290. The molecule has 218 valence electrons. The van der Waals surface area contributed by atoms with E-state index in [1.165, 1.54) is 7.11 Å². The van der Waals surface area contributed by atoms with Crippen LogP contribution in [0.2, 0.25) is 0 Å². The first-order valence-corrected chi connectivity index (χ1v) is 15.0. The molecule has 0 amide bonds. The minimum absolute atomic E-state index is 0.291. The molecule has 0 unspecified atom stereocenters. The Morgan fingerprint density at radius 3 is 1.15 bits per heavy atom. The maximum Gasteiger partial charge on any atom is 0.342 e. The average Bonchev–Trinajstić information content (AvgIpc) is 3.93. The number of allylic oxidation sites excluding steroid dienone is 11. The van der Waals surface area contributed by atoms with Crippen molar-refractivity contribution in [2.24, 2.45) is 20.0 Å². The second kappa shape index (κ2) is 11.3. The van der Waals surface area contributed by atoms with Crippen LogP contribution in [-0.2, 0) is 9.53 Å². The SMILES string of the molecule is COC(=O)C1=C2C=CC(=N2)C(c2ccccc2)=C2C=CC(=N2)C(c2ccccc2)=C2C=CC(=N2)C(c2ccccc2)=C2C=CC1=N2. The van der Waals surface area contributed by atoms with Gasteiger partial charge in [0, 0.05) is 16.7 Å². The van der Waals surface area contributed by atoms with Gasteiger partial charge in [-0.1, -0.05) is 91.0 Å². The number of fused-ring (bicyclic) bond motifs is 4. The number of hydrogen-bond acceptors (Lipinski definition) is 6. The molecule has 8 rings (SSSR count). The van der Waals surface area contributed by atoms with E-state index in [2.05, 4.69) is 12.1 Å². The van der Waals surface area contributed by atoms with E-state index in [1.54, 1.807) is 0 Å². The van der Waals surface area contributed by atoms with E-state index in [1.807, 2.05) is 127 Å². The fourth-order valence-corrected chi connectivity index (χ4v) is 6.10. The number of ether oxygens (including phenoxy) is 1. The van der Waals surface area contributed by atoms with Crippen molar-refractivity contribution in [3.63, 3.8) is 0 Å². The Labute approximate surface area is 266 Å². The van der Waals surface area contributed by atoms with Gasteiger partial charge in [-0.15, -0.1) is 0 Å². The second-order valence-corrected chi connectivity index (χ2v) is 11.0. The molecule has 46 heavy (non-hydrogen) atoms. The maximum atomic E-state index is 13.3. The molecule has 0 N–H and O–H groups in total. The summed E-state index contributed by atoms with van der Waals surface area (Å²) >= 11 is 0. The molecule has 6 heteroatoms. The summed E-state index contributed by atoms with van der Waals surface area (Å²) < 4.78 is 5.25. The molecule has 5 aliphatic heterocycles. The highest BCUT2D eigenvalue weighted by Gasteiger charge is 2.29. The number of carbonyl (C=O) groups is 1. The summed E-state index contributed by atoms with van der Waals surface area (Å²) in [6.07, 6.45) is 15.6. The van der Waals surface area contributed by atoms with Gasteiger partial charge in [0.15, 0.2) is 0 Å². The van der Waals surface area contributed by atoms with Gasteiger partial charge in [0.05, 0.1) is 52.7 Å². The Morgan fingerprint density at radius 2 is 0.761 bits per heavy atom. The van der Waals surface area contributed by atoms with Crippen molar-refractivity contribution in [1.29, 1.82) is 0 Å². The van der Waals surface area contributed by atoms with Crippen molar-refractivity contribution in [1.82, 2.24) is 0 Å². The van der Waals surface area contributed by atoms with E-state index >= 15 is 0 Å². The van der Waals surface area contributed by atoms with Gasteiger partial charge in [-0.25, -0.2) is 24.8 Å². The van der Waals surface area contributed by atoms with Gasteiger partial charge < -0.3 is 4.74 Å². The standard InChI is InChI=1S/C40H26N4O2/c1-46-40(45)39-34-23-21-32(43-34)37(26-13-7-3-8-14-26)30-19-17-28(41-30)36(25-11-5-2-6-12-25)29-18-20-31(42-29)38(27-15-9-4-10-16-27)33-22-24-35(39)44-33/h2-24H,1H3. The highest BCUT2D eigenvalue weighted by molar-refractivity contribution is 6.38. The lowest BCUT2D eigenvalue weighted by atomic mass is 9.98. The van der Waals surface area contributed by atoms with Crippen molar-refractivity contribution >= 4 is 45.5 Å². The summed E-state index contributed by atoms with van der Waals surface area (Å²) in [5, 5.41) is 0. The van der Waals surface area contributed by atoms with Crippen molar-refractivity contribution in [2.75, 3.05) is 7.11 Å². The first kappa shape index (κ1) is 27.3. The molecule has 3 aromatic rings. The van der Waals surface area contributed by atoms with E-state index in [9.17, 15) is 4.79 Å². The third-order valence-corrected chi connectivity index (χ3v) is 8.19. The number of hydrogen-bond donors (Lipinski definition) is 0. The molecule has 0 atom stereocenters. The van der Waals surface area contributed by atoms with Crippen LogP contribution >= 0.6 is 0 Å². The first-order chi connectivity index (χ1) is 22.7. The molecule has 6 nitrogen and oxygen atoms in total. The fraction of sp³-hybridized carbons (Fsp3) is 0.0250. The van der Waals surface area contributed by atoms with Crippen LogP contribution in [0, 0.1) is 0 Å². The maximum absolute atomic E-state index is 13.3. The van der Waals surface area contributed by atoms with Gasteiger partial charge >= 0.3 is 5.97 Å². The summed E-state index contributed by atoms with van der Waals surface area (Å²) in [6.45, 7) is 0. The van der Waals surface area contributed by atoms with Crippen molar-refractivity contribution in [2.45, 2.75) is 0 Å². The summed E-state index contributed by atoms with van der Waals surface area (Å²) in [7, 11) is 1.37. The lowest BCUT2D eigenvalue weighted by molar-refractivity contribution is -0.135. The van der Waals surface area contributed by atoms with Gasteiger partial charge in [0.2, 0.25) is 0 Å². The Hall–Kier alpha value is -6.27. The Bertz CT molecular complexity index is 2160. The van der Waals surface area contributed by atoms with Gasteiger partial charge in [-0.3, -0.25) is 0 Å². The molecule has 8 bridgehead atoms. The zero-order chi connectivity index (χ0) is 31.0. The summed E-state index contributed by atoms with van der Waals surface area (Å²) in [5.41, 5.74) is 11.3. The molecule has 0 saturated carbocycles. The number of benzene rings is 3. The van der Waals surface area contributed by atoms with Crippen LogP contribution in [0.1, 0.15) is 16.7 Å². The van der Waals surface area contributed by atoms with Gasteiger partial charge in [0.25, 0.3) is 0 Å². The molecule has 0 radical (unpaired) electrons. The summed E-state index contributed by atoms with van der Waals surface area (Å²) in [4.78, 5) is 33.7. The third kappa shape index (κ3) is 4.73. The van der Waals surface area contributed by atoms with Crippen LogP contribution in [0.25, 0.3) is 16.7 Å². The number of nitrogens with zero attached hydrogens (tertiary/aromatic N) is 4. The lowest BCUT2D eigenvalue weighted by Gasteiger charge is -2.12. The second-order valence-electron chi connectivity index (χ2n) is 11.0. The lowest BCUT2D eigenvalue weighted by Crippen LogP contribution is -2.14. The van der Waals surface area contributed by atoms with Crippen LogP contribution in [0.5, 0.6) is 0 Å². The average molecular weight is 595 g/mol. The molecule has 0 fully saturated rings. The van der Waals surface area contributed by atoms with E-state index in [4.69, 9.17) is 24.7 Å². The zero-order valence-electron chi connectivity index (χ0n) is 24.9. The monoisotopic (exact) mass is 594 g/mol. The van der Waals surface area contributed by atoms with E-state index in [0.29, 0.717) is 28.4 Å². The van der Waals surface area contributed by atoms with E-state index in [-0.39, 0.29) is 0 Å². The molecular weight excluding hydrogens is 568 g/mol. The third-order valence-electron chi connectivity index (χ3n) is 8.19. The number of carbonyl (C=O) groups excluding carboxylic acids is 1. The highest BCUT2D eigenvalue weighted by Crippen LogP contribution is 2.37. The minimum atomic E-state index is -0.512. The Balaban J connectivity index is 1.46. The van der Waals surface area contributed by atoms with Crippen molar-refractivity contribution in [3.8, 4) is 0 Å². The van der Waals surface area contributed by atoms with Crippen LogP contribution in [-0.4, -0.2) is 35.9 Å². The number of methoxy groups -OCH3 is 1. The molecule has 3 aromatic carbocycles. The largest absolute Gasteiger partial charge is 0.465 e. The van der Waals surface area contributed by atoms with Crippen LogP contribution in [0.15, 0.2) is 188 Å². The zero-order valence-corrected chi connectivity index (χ0v) is 24.9. The molecule has 0 aliphatic carbocycles. The van der Waals surface area contributed by atoms with Crippen LogP contribution in [0.3, 0.4) is 0 Å². The van der Waals surface area contributed by atoms with Crippen LogP contribution < -0.4 is 0 Å². The normalized spacial score (nSPS) is 18.0. The highest BCUT2D eigenvalue weighted by atomic mass is 16.5. The number of esters is 1. The van der Waals surface area contributed by atoms with Crippen molar-refractivity contribution in [3.05, 3.63) is 185 Å². The topological polar surface area (TPSA) is 75.7 Å². The number of aliphatic imine (C=N–C) groups is 4. The number of rotatable bonds is 4. The van der Waals surface area contributed by atoms with Crippen molar-refractivity contribution < 1.29 is 9.53 Å². The molecular formula is C40H26N4O2. The smallest absolute Gasteiger partial charge is 0.342 e. The van der Waals surface area contributed by atoms with Gasteiger partial charge in [-0.2, -0.15) is 0 Å². The minimum Gasteiger partial charge on any atom is -0.465 e. The molecule has 0 aromatic heterocycles. The van der Waals surface area contributed by atoms with Crippen LogP contribution in [0.4, 0.5) is 0 Å². The summed E-state index contributed by atoms with van der Waals surface area (Å²) in [5.74, 6) is -0.512. The predicted octanol–water partition coefficient (Wildman–Crippen LogP) is 7.70. The Kier molecular flexibility index (Phi) is 6.73.